The van der Waals surface area contributed by atoms with Crippen LogP contribution in [-0.4, -0.2) is 19.7 Å². The maximum atomic E-state index is 14.0. The van der Waals surface area contributed by atoms with E-state index in [4.69, 9.17) is 4.74 Å². The minimum Gasteiger partial charge on any atom is -0.489 e. The van der Waals surface area contributed by atoms with Crippen LogP contribution in [0.3, 0.4) is 0 Å². The molecule has 0 atom stereocenters. The van der Waals surface area contributed by atoms with Crippen molar-refractivity contribution in [2.75, 3.05) is 13.7 Å². The zero-order valence-corrected chi connectivity index (χ0v) is 8.88. The van der Waals surface area contributed by atoms with Crippen LogP contribution in [0, 0.1) is 5.82 Å². The van der Waals surface area contributed by atoms with Crippen LogP contribution in [0.1, 0.15) is 28.8 Å². The maximum absolute atomic E-state index is 14.0. The second-order valence-corrected chi connectivity index (χ2v) is 4.36. The van der Waals surface area contributed by atoms with Crippen molar-refractivity contribution in [2.45, 2.75) is 18.3 Å². The summed E-state index contributed by atoms with van der Waals surface area (Å²) >= 11 is 0. The summed E-state index contributed by atoms with van der Waals surface area (Å²) in [5.74, 6) is -1.02. The molecule has 0 aromatic heterocycles. The van der Waals surface area contributed by atoms with Gasteiger partial charge >= 0.3 is 5.97 Å². The molecule has 0 bridgehead atoms. The lowest BCUT2D eigenvalue weighted by Crippen LogP contribution is -2.07. The molecule has 2 aliphatic rings. The highest BCUT2D eigenvalue weighted by atomic mass is 19.1. The van der Waals surface area contributed by atoms with Crippen LogP contribution in [0.5, 0.6) is 5.75 Å². The van der Waals surface area contributed by atoms with Gasteiger partial charge in [-0.1, -0.05) is 6.07 Å². The number of rotatable bonds is 1. The number of hydrogen-bond donors (Lipinski definition) is 0. The van der Waals surface area contributed by atoms with Crippen LogP contribution >= 0.6 is 0 Å². The lowest BCUT2D eigenvalue weighted by Gasteiger charge is -2.06. The first-order valence-corrected chi connectivity index (χ1v) is 5.22. The number of halogens is 1. The lowest BCUT2D eigenvalue weighted by atomic mass is 9.97. The summed E-state index contributed by atoms with van der Waals surface area (Å²) in [4.78, 5) is 11.3. The highest BCUT2D eigenvalue weighted by molar-refractivity contribution is 5.90. The van der Waals surface area contributed by atoms with Gasteiger partial charge in [-0.05, 0) is 18.9 Å². The smallest absolute Gasteiger partial charge is 0.340 e. The van der Waals surface area contributed by atoms with Gasteiger partial charge in [-0.3, -0.25) is 0 Å². The van der Waals surface area contributed by atoms with Crippen molar-refractivity contribution in [3.05, 3.63) is 29.1 Å². The molecule has 1 aliphatic carbocycles. The van der Waals surface area contributed by atoms with Crippen molar-refractivity contribution < 1.29 is 18.7 Å². The van der Waals surface area contributed by atoms with E-state index >= 15 is 0 Å². The predicted molar refractivity (Wildman–Crippen MR) is 54.1 cm³/mol. The molecule has 1 spiro atoms. The monoisotopic (exact) mass is 222 g/mol. The van der Waals surface area contributed by atoms with E-state index in [2.05, 4.69) is 4.74 Å². The van der Waals surface area contributed by atoms with E-state index in [1.54, 1.807) is 6.07 Å². The average molecular weight is 222 g/mol. The molecule has 0 radical (unpaired) electrons. The Bertz CT molecular complexity index is 477. The second-order valence-electron chi connectivity index (χ2n) is 4.36. The number of carbonyl (C=O) groups is 1. The highest BCUT2D eigenvalue weighted by Crippen LogP contribution is 2.56. The fourth-order valence-corrected chi connectivity index (χ4v) is 2.24. The molecule has 0 N–H and O–H groups in total. The highest BCUT2D eigenvalue weighted by Gasteiger charge is 2.51. The van der Waals surface area contributed by atoms with Gasteiger partial charge in [0.15, 0.2) is 11.6 Å². The Morgan fingerprint density at radius 1 is 1.50 bits per heavy atom. The quantitative estimate of drug-likeness (QED) is 0.682. The third-order valence-electron chi connectivity index (χ3n) is 3.42. The molecule has 16 heavy (non-hydrogen) atoms. The van der Waals surface area contributed by atoms with E-state index in [9.17, 15) is 9.18 Å². The van der Waals surface area contributed by atoms with E-state index in [1.165, 1.54) is 13.2 Å². The summed E-state index contributed by atoms with van der Waals surface area (Å²) in [6, 6.07) is 3.26. The van der Waals surface area contributed by atoms with Crippen molar-refractivity contribution in [1.29, 1.82) is 0 Å². The van der Waals surface area contributed by atoms with Gasteiger partial charge in [-0.15, -0.1) is 0 Å². The molecule has 1 fully saturated rings. The molecule has 1 aromatic rings. The summed E-state index contributed by atoms with van der Waals surface area (Å²) < 4.78 is 23.8. The van der Waals surface area contributed by atoms with Gasteiger partial charge in [-0.2, -0.15) is 0 Å². The zero-order valence-electron chi connectivity index (χ0n) is 8.88. The zero-order chi connectivity index (χ0) is 11.3. The second kappa shape index (κ2) is 2.97. The SMILES string of the molecule is COC(=O)c1ccc2c(c1F)OCC21CC1. The lowest BCUT2D eigenvalue weighted by molar-refractivity contribution is 0.0594. The van der Waals surface area contributed by atoms with Crippen molar-refractivity contribution >= 4 is 5.97 Å². The molecule has 1 heterocycles. The Hall–Kier alpha value is -1.58. The number of esters is 1. The van der Waals surface area contributed by atoms with Gasteiger partial charge in [0.25, 0.3) is 0 Å². The van der Waals surface area contributed by atoms with Crippen LogP contribution in [-0.2, 0) is 10.2 Å². The molecule has 1 aliphatic heterocycles. The van der Waals surface area contributed by atoms with Crippen molar-refractivity contribution in [2.24, 2.45) is 0 Å². The molecule has 0 saturated heterocycles. The molecule has 3 rings (SSSR count). The summed E-state index contributed by atoms with van der Waals surface area (Å²) in [5, 5.41) is 0. The van der Waals surface area contributed by atoms with Crippen LogP contribution in [0.2, 0.25) is 0 Å². The number of carbonyl (C=O) groups excluding carboxylic acids is 1. The average Bonchev–Trinajstić information content (AvgIpc) is 2.97. The predicted octanol–water partition coefficient (Wildman–Crippen LogP) is 2.04. The molecule has 4 heteroatoms. The normalized spacial score (nSPS) is 19.1. The molecule has 1 saturated carbocycles. The van der Waals surface area contributed by atoms with Gasteiger partial charge in [0.2, 0.25) is 0 Å². The molecule has 1 aromatic carbocycles. The Morgan fingerprint density at radius 3 is 2.88 bits per heavy atom. The van der Waals surface area contributed by atoms with Crippen molar-refractivity contribution in [3.8, 4) is 5.75 Å². The van der Waals surface area contributed by atoms with Crippen LogP contribution in [0.4, 0.5) is 4.39 Å². The first-order chi connectivity index (χ1) is 7.68. The van der Waals surface area contributed by atoms with Crippen molar-refractivity contribution in [1.82, 2.24) is 0 Å². The minimum atomic E-state index is -0.666. The molecule has 0 unspecified atom stereocenters. The van der Waals surface area contributed by atoms with Gasteiger partial charge in [0.1, 0.15) is 0 Å². The first kappa shape index (κ1) is 9.63. The van der Waals surface area contributed by atoms with Crippen LogP contribution in [0.15, 0.2) is 12.1 Å². The van der Waals surface area contributed by atoms with E-state index in [0.29, 0.717) is 6.61 Å². The van der Waals surface area contributed by atoms with E-state index in [1.807, 2.05) is 0 Å². The minimum absolute atomic E-state index is 0.0326. The molecular weight excluding hydrogens is 211 g/mol. The van der Waals surface area contributed by atoms with Crippen LogP contribution < -0.4 is 4.74 Å². The first-order valence-electron chi connectivity index (χ1n) is 5.22. The Morgan fingerprint density at radius 2 is 2.25 bits per heavy atom. The number of ether oxygens (including phenoxy) is 2. The number of hydrogen-bond acceptors (Lipinski definition) is 3. The molecule has 3 nitrogen and oxygen atoms in total. The fraction of sp³-hybridized carbons (Fsp3) is 0.417. The maximum Gasteiger partial charge on any atom is 0.340 e. The molecule has 84 valence electrons. The summed E-state index contributed by atoms with van der Waals surface area (Å²) in [6.45, 7) is 0.532. The van der Waals surface area contributed by atoms with Crippen molar-refractivity contribution in [3.63, 3.8) is 0 Å². The molecular formula is C12H11FO3. The summed E-state index contributed by atoms with van der Waals surface area (Å²) in [7, 11) is 1.23. The summed E-state index contributed by atoms with van der Waals surface area (Å²) in [6.07, 6.45) is 2.08. The largest absolute Gasteiger partial charge is 0.489 e. The Labute approximate surface area is 92.2 Å². The van der Waals surface area contributed by atoms with E-state index in [0.717, 1.165) is 18.4 Å². The fourth-order valence-electron chi connectivity index (χ4n) is 2.24. The third kappa shape index (κ3) is 1.10. The van der Waals surface area contributed by atoms with E-state index < -0.39 is 11.8 Å². The third-order valence-corrected chi connectivity index (χ3v) is 3.42. The number of fused-ring (bicyclic) bond motifs is 2. The van der Waals surface area contributed by atoms with Gasteiger partial charge in [0, 0.05) is 11.0 Å². The number of benzene rings is 1. The van der Waals surface area contributed by atoms with Crippen LogP contribution in [0.25, 0.3) is 0 Å². The Kier molecular flexibility index (Phi) is 1.79. The number of methoxy groups -OCH3 is 1. The summed E-state index contributed by atoms with van der Waals surface area (Å²) in [5.41, 5.74) is 0.877. The molecule has 0 amide bonds. The Balaban J connectivity index is 2.11. The van der Waals surface area contributed by atoms with E-state index in [-0.39, 0.29) is 16.7 Å². The van der Waals surface area contributed by atoms with Gasteiger partial charge in [-0.25, -0.2) is 9.18 Å². The topological polar surface area (TPSA) is 35.5 Å². The van der Waals surface area contributed by atoms with Gasteiger partial charge in [0.05, 0.1) is 19.3 Å². The standard InChI is InChI=1S/C12H11FO3/c1-15-11(14)7-2-3-8-10(9(7)13)16-6-12(8)4-5-12/h2-3H,4-6H2,1H3. The van der Waals surface area contributed by atoms with Gasteiger partial charge < -0.3 is 9.47 Å².